The molecule has 1 heteroatoms. The Labute approximate surface area is 114 Å². The van der Waals surface area contributed by atoms with Gasteiger partial charge < -0.3 is 0 Å². The second-order valence-electron chi connectivity index (χ2n) is 5.47. The number of hydrogen-bond acceptors (Lipinski definition) is 1. The van der Waals surface area contributed by atoms with Gasteiger partial charge in [-0.3, -0.25) is 0 Å². The van der Waals surface area contributed by atoms with Gasteiger partial charge in [-0.05, 0) is 54.9 Å². The zero-order valence-corrected chi connectivity index (χ0v) is 11.2. The highest BCUT2D eigenvalue weighted by Crippen LogP contribution is 2.39. The van der Waals surface area contributed by atoms with Crippen molar-refractivity contribution in [2.45, 2.75) is 32.1 Å². The SMILES string of the molecule is Cc1ccc(C#N)c(Cc2ccc(C3CC3)cc2)c1. The first-order chi connectivity index (χ1) is 9.26. The number of nitriles is 1. The van der Waals surface area contributed by atoms with Crippen LogP contribution in [0.15, 0.2) is 42.5 Å². The third kappa shape index (κ3) is 2.69. The molecule has 1 aliphatic rings. The third-order valence-corrected chi connectivity index (χ3v) is 3.80. The van der Waals surface area contributed by atoms with Crippen molar-refractivity contribution in [1.29, 1.82) is 5.26 Å². The van der Waals surface area contributed by atoms with E-state index in [1.54, 1.807) is 0 Å². The first-order valence-corrected chi connectivity index (χ1v) is 6.85. The number of aryl methyl sites for hydroxylation is 1. The summed E-state index contributed by atoms with van der Waals surface area (Å²) in [7, 11) is 0. The van der Waals surface area contributed by atoms with Crippen molar-refractivity contribution in [3.05, 3.63) is 70.3 Å². The Bertz CT molecular complexity index is 628. The van der Waals surface area contributed by atoms with E-state index in [2.05, 4.69) is 43.3 Å². The summed E-state index contributed by atoms with van der Waals surface area (Å²) in [4.78, 5) is 0. The van der Waals surface area contributed by atoms with Crippen LogP contribution >= 0.6 is 0 Å². The molecule has 19 heavy (non-hydrogen) atoms. The zero-order chi connectivity index (χ0) is 13.2. The van der Waals surface area contributed by atoms with Gasteiger partial charge in [0, 0.05) is 0 Å². The molecule has 0 radical (unpaired) electrons. The molecule has 94 valence electrons. The number of hydrogen-bond donors (Lipinski definition) is 0. The molecule has 0 aliphatic heterocycles. The van der Waals surface area contributed by atoms with Gasteiger partial charge in [-0.2, -0.15) is 5.26 Å². The molecule has 1 aliphatic carbocycles. The first kappa shape index (κ1) is 12.0. The maximum absolute atomic E-state index is 9.16. The lowest BCUT2D eigenvalue weighted by Gasteiger charge is -2.07. The van der Waals surface area contributed by atoms with E-state index in [9.17, 15) is 0 Å². The van der Waals surface area contributed by atoms with Crippen molar-refractivity contribution in [2.24, 2.45) is 0 Å². The van der Waals surface area contributed by atoms with Crippen molar-refractivity contribution < 1.29 is 0 Å². The Morgan fingerprint density at radius 2 is 1.84 bits per heavy atom. The maximum atomic E-state index is 9.16. The fourth-order valence-electron chi connectivity index (χ4n) is 2.52. The monoisotopic (exact) mass is 247 g/mol. The standard InChI is InChI=1S/C18H17N/c1-13-2-5-17(12-19)18(10-13)11-14-3-6-15(7-4-14)16-8-9-16/h2-7,10,16H,8-9,11H2,1H3. The molecule has 1 nitrogen and oxygen atoms in total. The molecule has 1 saturated carbocycles. The molecule has 0 spiro atoms. The lowest BCUT2D eigenvalue weighted by molar-refractivity contribution is 1.11. The summed E-state index contributed by atoms with van der Waals surface area (Å²) in [6.45, 7) is 2.07. The van der Waals surface area contributed by atoms with Crippen LogP contribution < -0.4 is 0 Å². The lowest BCUT2D eigenvalue weighted by Crippen LogP contribution is -1.94. The van der Waals surface area contributed by atoms with Gasteiger partial charge in [0.2, 0.25) is 0 Å². The smallest absolute Gasteiger partial charge is 0.0994 e. The summed E-state index contributed by atoms with van der Waals surface area (Å²) in [6.07, 6.45) is 3.53. The van der Waals surface area contributed by atoms with Gasteiger partial charge in [0.25, 0.3) is 0 Å². The second-order valence-corrected chi connectivity index (χ2v) is 5.47. The second kappa shape index (κ2) is 4.90. The number of nitrogens with zero attached hydrogens (tertiary/aromatic N) is 1. The van der Waals surface area contributed by atoms with E-state index in [0.717, 1.165) is 23.5 Å². The molecular formula is C18H17N. The van der Waals surface area contributed by atoms with Gasteiger partial charge in [-0.25, -0.2) is 0 Å². The molecule has 0 unspecified atom stereocenters. The van der Waals surface area contributed by atoms with Crippen molar-refractivity contribution >= 4 is 0 Å². The van der Waals surface area contributed by atoms with Gasteiger partial charge in [0.1, 0.15) is 0 Å². The lowest BCUT2D eigenvalue weighted by atomic mass is 9.97. The van der Waals surface area contributed by atoms with Gasteiger partial charge in [-0.1, -0.05) is 42.0 Å². The highest BCUT2D eigenvalue weighted by Gasteiger charge is 2.22. The summed E-state index contributed by atoms with van der Waals surface area (Å²) in [5, 5.41) is 9.16. The van der Waals surface area contributed by atoms with Crippen LogP contribution in [0.3, 0.4) is 0 Å². The average Bonchev–Trinajstić information content (AvgIpc) is 3.24. The van der Waals surface area contributed by atoms with Crippen LogP contribution in [0, 0.1) is 18.3 Å². The van der Waals surface area contributed by atoms with Gasteiger partial charge in [-0.15, -0.1) is 0 Å². The largest absolute Gasteiger partial charge is 0.192 e. The highest BCUT2D eigenvalue weighted by atomic mass is 14.3. The minimum absolute atomic E-state index is 0.789. The minimum Gasteiger partial charge on any atom is -0.192 e. The summed E-state index contributed by atoms with van der Waals surface area (Å²) >= 11 is 0. The van der Waals surface area contributed by atoms with Crippen LogP contribution in [0.4, 0.5) is 0 Å². The molecule has 1 fully saturated rings. The fraction of sp³-hybridized carbons (Fsp3) is 0.278. The number of rotatable bonds is 3. The Kier molecular flexibility index (Phi) is 3.09. The zero-order valence-electron chi connectivity index (χ0n) is 11.2. The molecule has 0 bridgehead atoms. The van der Waals surface area contributed by atoms with E-state index in [0.29, 0.717) is 0 Å². The summed E-state index contributed by atoms with van der Waals surface area (Å²) in [6, 6.07) is 17.2. The Morgan fingerprint density at radius 1 is 1.11 bits per heavy atom. The summed E-state index contributed by atoms with van der Waals surface area (Å²) in [5.74, 6) is 0.808. The van der Waals surface area contributed by atoms with Crippen molar-refractivity contribution in [1.82, 2.24) is 0 Å². The molecule has 2 aromatic carbocycles. The topological polar surface area (TPSA) is 23.8 Å². The molecule has 0 atom stereocenters. The van der Waals surface area contributed by atoms with Crippen molar-refractivity contribution in [3.63, 3.8) is 0 Å². The van der Waals surface area contributed by atoms with E-state index in [1.165, 1.54) is 29.5 Å². The number of benzene rings is 2. The Morgan fingerprint density at radius 3 is 2.47 bits per heavy atom. The predicted octanol–water partition coefficient (Wildman–Crippen LogP) is 4.33. The molecule has 2 aromatic rings. The van der Waals surface area contributed by atoms with Crippen molar-refractivity contribution in [2.75, 3.05) is 0 Å². The summed E-state index contributed by atoms with van der Waals surface area (Å²) < 4.78 is 0. The molecule has 0 saturated heterocycles. The Balaban J connectivity index is 1.84. The highest BCUT2D eigenvalue weighted by molar-refractivity contribution is 5.43. The minimum atomic E-state index is 0.789. The normalized spacial score (nSPS) is 14.1. The summed E-state index contributed by atoms with van der Waals surface area (Å²) in [5.41, 5.74) is 5.88. The van der Waals surface area contributed by atoms with Gasteiger partial charge in [0.05, 0.1) is 11.6 Å². The van der Waals surface area contributed by atoms with E-state index in [-0.39, 0.29) is 0 Å². The molecule has 3 rings (SSSR count). The van der Waals surface area contributed by atoms with Gasteiger partial charge in [0.15, 0.2) is 0 Å². The quantitative estimate of drug-likeness (QED) is 0.791. The average molecular weight is 247 g/mol. The molecule has 0 amide bonds. The third-order valence-electron chi connectivity index (χ3n) is 3.80. The van der Waals surface area contributed by atoms with Crippen LogP contribution in [0.2, 0.25) is 0 Å². The van der Waals surface area contributed by atoms with Crippen molar-refractivity contribution in [3.8, 4) is 6.07 Å². The molecule has 0 aromatic heterocycles. The van der Waals surface area contributed by atoms with E-state index in [1.807, 2.05) is 12.1 Å². The van der Waals surface area contributed by atoms with Crippen LogP contribution in [0.5, 0.6) is 0 Å². The predicted molar refractivity (Wildman–Crippen MR) is 77.1 cm³/mol. The van der Waals surface area contributed by atoms with Gasteiger partial charge >= 0.3 is 0 Å². The molecule has 0 N–H and O–H groups in total. The van der Waals surface area contributed by atoms with E-state index >= 15 is 0 Å². The van der Waals surface area contributed by atoms with E-state index < -0.39 is 0 Å². The van der Waals surface area contributed by atoms with Crippen LogP contribution in [-0.2, 0) is 6.42 Å². The fourth-order valence-corrected chi connectivity index (χ4v) is 2.52. The molecule has 0 heterocycles. The first-order valence-electron chi connectivity index (χ1n) is 6.85. The van der Waals surface area contributed by atoms with Crippen LogP contribution in [-0.4, -0.2) is 0 Å². The Hall–Kier alpha value is -2.07. The van der Waals surface area contributed by atoms with Crippen LogP contribution in [0.1, 0.15) is 46.6 Å². The maximum Gasteiger partial charge on any atom is 0.0994 e. The van der Waals surface area contributed by atoms with Crippen LogP contribution in [0.25, 0.3) is 0 Å². The van der Waals surface area contributed by atoms with E-state index in [4.69, 9.17) is 5.26 Å². The molecular weight excluding hydrogens is 230 g/mol.